The molecule has 1 fully saturated rings. The van der Waals surface area contributed by atoms with Gasteiger partial charge < -0.3 is 10.6 Å². The van der Waals surface area contributed by atoms with E-state index in [0.717, 1.165) is 13.1 Å². The molecular formula is C11H22ClN3O. The van der Waals surface area contributed by atoms with Crippen LogP contribution in [-0.2, 0) is 4.79 Å². The number of piperazine rings is 1. The molecule has 0 aliphatic carbocycles. The number of hydrogen-bond donors (Lipinski definition) is 2. The van der Waals surface area contributed by atoms with E-state index in [2.05, 4.69) is 36.0 Å². The SMILES string of the molecule is C=CCNC(=O)CN1CCNC(C)C1C.Cl. The van der Waals surface area contributed by atoms with Crippen LogP contribution in [0.2, 0.25) is 0 Å². The van der Waals surface area contributed by atoms with Gasteiger partial charge in [-0.1, -0.05) is 6.08 Å². The van der Waals surface area contributed by atoms with Gasteiger partial charge in [0.1, 0.15) is 0 Å². The molecule has 0 aromatic heterocycles. The first kappa shape index (κ1) is 15.4. The summed E-state index contributed by atoms with van der Waals surface area (Å²) >= 11 is 0. The Bertz CT molecular complexity index is 235. The van der Waals surface area contributed by atoms with Gasteiger partial charge in [-0.3, -0.25) is 9.69 Å². The van der Waals surface area contributed by atoms with Crippen LogP contribution >= 0.6 is 12.4 Å². The van der Waals surface area contributed by atoms with Gasteiger partial charge in [-0.25, -0.2) is 0 Å². The highest BCUT2D eigenvalue weighted by atomic mass is 35.5. The summed E-state index contributed by atoms with van der Waals surface area (Å²) in [6.45, 7) is 10.8. The monoisotopic (exact) mass is 247 g/mol. The molecule has 5 heteroatoms. The number of rotatable bonds is 4. The minimum absolute atomic E-state index is 0. The Balaban J connectivity index is 0.00000225. The Kier molecular flexibility index (Phi) is 7.38. The Morgan fingerprint density at radius 2 is 2.31 bits per heavy atom. The van der Waals surface area contributed by atoms with E-state index in [1.807, 2.05) is 0 Å². The zero-order valence-electron chi connectivity index (χ0n) is 10.0. The number of halogens is 1. The highest BCUT2D eigenvalue weighted by Crippen LogP contribution is 2.07. The Morgan fingerprint density at radius 1 is 1.62 bits per heavy atom. The van der Waals surface area contributed by atoms with E-state index in [0.29, 0.717) is 25.2 Å². The van der Waals surface area contributed by atoms with E-state index in [1.54, 1.807) is 6.08 Å². The van der Waals surface area contributed by atoms with Crippen molar-refractivity contribution in [2.24, 2.45) is 0 Å². The van der Waals surface area contributed by atoms with Gasteiger partial charge in [0.25, 0.3) is 0 Å². The summed E-state index contributed by atoms with van der Waals surface area (Å²) < 4.78 is 0. The predicted molar refractivity (Wildman–Crippen MR) is 69.0 cm³/mol. The van der Waals surface area contributed by atoms with Gasteiger partial charge in [-0.15, -0.1) is 19.0 Å². The van der Waals surface area contributed by atoms with Gasteiger partial charge in [-0.05, 0) is 13.8 Å². The summed E-state index contributed by atoms with van der Waals surface area (Å²) in [5.41, 5.74) is 0. The van der Waals surface area contributed by atoms with E-state index in [4.69, 9.17) is 0 Å². The van der Waals surface area contributed by atoms with Gasteiger partial charge in [0.2, 0.25) is 5.91 Å². The summed E-state index contributed by atoms with van der Waals surface area (Å²) in [4.78, 5) is 13.7. The molecule has 1 rings (SSSR count). The second-order valence-electron chi connectivity index (χ2n) is 4.05. The molecule has 1 aliphatic rings. The topological polar surface area (TPSA) is 44.4 Å². The van der Waals surface area contributed by atoms with Crippen molar-refractivity contribution in [3.63, 3.8) is 0 Å². The lowest BCUT2D eigenvalue weighted by molar-refractivity contribution is -0.122. The molecule has 94 valence electrons. The zero-order valence-corrected chi connectivity index (χ0v) is 10.8. The molecule has 1 aliphatic heterocycles. The molecule has 0 radical (unpaired) electrons. The highest BCUT2D eigenvalue weighted by molar-refractivity contribution is 5.85. The molecule has 0 spiro atoms. The van der Waals surface area contributed by atoms with Crippen LogP contribution in [0.5, 0.6) is 0 Å². The number of amides is 1. The fourth-order valence-corrected chi connectivity index (χ4v) is 1.78. The zero-order chi connectivity index (χ0) is 11.3. The van der Waals surface area contributed by atoms with Gasteiger partial charge in [0.15, 0.2) is 0 Å². The quantitative estimate of drug-likeness (QED) is 0.707. The molecule has 1 amide bonds. The van der Waals surface area contributed by atoms with Crippen LogP contribution in [0.25, 0.3) is 0 Å². The van der Waals surface area contributed by atoms with E-state index >= 15 is 0 Å². The van der Waals surface area contributed by atoms with Crippen LogP contribution in [0, 0.1) is 0 Å². The first-order valence-electron chi connectivity index (χ1n) is 5.50. The van der Waals surface area contributed by atoms with Gasteiger partial charge in [-0.2, -0.15) is 0 Å². The number of nitrogens with zero attached hydrogens (tertiary/aromatic N) is 1. The summed E-state index contributed by atoms with van der Waals surface area (Å²) in [5, 5.41) is 6.18. The van der Waals surface area contributed by atoms with Crippen LogP contribution in [0.4, 0.5) is 0 Å². The van der Waals surface area contributed by atoms with Crippen LogP contribution in [-0.4, -0.2) is 49.1 Å². The molecule has 4 nitrogen and oxygen atoms in total. The van der Waals surface area contributed by atoms with Crippen molar-refractivity contribution in [1.82, 2.24) is 15.5 Å². The molecule has 0 aromatic carbocycles. The van der Waals surface area contributed by atoms with Gasteiger partial charge in [0.05, 0.1) is 6.54 Å². The van der Waals surface area contributed by atoms with Crippen LogP contribution in [0.1, 0.15) is 13.8 Å². The normalized spacial score (nSPS) is 25.6. The lowest BCUT2D eigenvalue weighted by atomic mass is 10.1. The molecule has 2 atom stereocenters. The second-order valence-corrected chi connectivity index (χ2v) is 4.05. The fourth-order valence-electron chi connectivity index (χ4n) is 1.78. The molecule has 0 saturated carbocycles. The minimum atomic E-state index is 0. The van der Waals surface area contributed by atoms with E-state index < -0.39 is 0 Å². The Hall–Kier alpha value is -0.580. The van der Waals surface area contributed by atoms with Crippen molar-refractivity contribution in [1.29, 1.82) is 0 Å². The number of nitrogens with one attached hydrogen (secondary N) is 2. The average Bonchev–Trinajstić information content (AvgIpc) is 2.22. The minimum Gasteiger partial charge on any atom is -0.352 e. The van der Waals surface area contributed by atoms with E-state index in [9.17, 15) is 4.79 Å². The van der Waals surface area contributed by atoms with E-state index in [1.165, 1.54) is 0 Å². The van der Waals surface area contributed by atoms with Crippen molar-refractivity contribution in [2.45, 2.75) is 25.9 Å². The van der Waals surface area contributed by atoms with Gasteiger partial charge in [0, 0.05) is 31.7 Å². The average molecular weight is 248 g/mol. The second kappa shape index (κ2) is 7.65. The van der Waals surface area contributed by atoms with Crippen molar-refractivity contribution in [2.75, 3.05) is 26.2 Å². The molecule has 1 heterocycles. The van der Waals surface area contributed by atoms with Crippen LogP contribution in [0.15, 0.2) is 12.7 Å². The van der Waals surface area contributed by atoms with Crippen molar-refractivity contribution >= 4 is 18.3 Å². The van der Waals surface area contributed by atoms with Crippen LogP contribution in [0.3, 0.4) is 0 Å². The molecule has 16 heavy (non-hydrogen) atoms. The van der Waals surface area contributed by atoms with Crippen molar-refractivity contribution in [3.8, 4) is 0 Å². The summed E-state index contributed by atoms with van der Waals surface area (Å²) in [6, 6.07) is 0.860. The molecular weight excluding hydrogens is 226 g/mol. The molecule has 1 saturated heterocycles. The van der Waals surface area contributed by atoms with Crippen LogP contribution < -0.4 is 10.6 Å². The number of hydrogen-bond acceptors (Lipinski definition) is 3. The summed E-state index contributed by atoms with van der Waals surface area (Å²) in [6.07, 6.45) is 1.70. The first-order valence-corrected chi connectivity index (χ1v) is 5.50. The molecule has 2 N–H and O–H groups in total. The molecule has 0 aromatic rings. The van der Waals surface area contributed by atoms with E-state index in [-0.39, 0.29) is 18.3 Å². The van der Waals surface area contributed by atoms with Crippen molar-refractivity contribution in [3.05, 3.63) is 12.7 Å². The standard InChI is InChI=1S/C11H21N3O.ClH/c1-4-5-13-11(15)8-14-7-6-12-9(2)10(14)3;/h4,9-10,12H,1,5-8H2,2-3H3,(H,13,15);1H. The maximum Gasteiger partial charge on any atom is 0.234 e. The lowest BCUT2D eigenvalue weighted by Gasteiger charge is -2.38. The largest absolute Gasteiger partial charge is 0.352 e. The summed E-state index contributed by atoms with van der Waals surface area (Å²) in [7, 11) is 0. The number of carbonyl (C=O) groups is 1. The first-order chi connectivity index (χ1) is 7.15. The highest BCUT2D eigenvalue weighted by Gasteiger charge is 2.25. The predicted octanol–water partition coefficient (Wildman–Crippen LogP) is 0.393. The maximum absolute atomic E-state index is 11.5. The van der Waals surface area contributed by atoms with Gasteiger partial charge >= 0.3 is 0 Å². The summed E-state index contributed by atoms with van der Waals surface area (Å²) in [5.74, 6) is 0.0795. The maximum atomic E-state index is 11.5. The third kappa shape index (κ3) is 4.51. The molecule has 2 unspecified atom stereocenters. The molecule has 0 bridgehead atoms. The van der Waals surface area contributed by atoms with Crippen molar-refractivity contribution < 1.29 is 4.79 Å². The fraction of sp³-hybridized carbons (Fsp3) is 0.727. The third-order valence-electron chi connectivity index (χ3n) is 2.96. The lowest BCUT2D eigenvalue weighted by Crippen LogP contribution is -2.57. The Morgan fingerprint density at radius 3 is 2.94 bits per heavy atom. The smallest absolute Gasteiger partial charge is 0.234 e. The third-order valence-corrected chi connectivity index (χ3v) is 2.96. The Labute approximate surface area is 104 Å². The number of carbonyl (C=O) groups excluding carboxylic acids is 1.